The maximum Gasteiger partial charge on any atom is 0.475 e. The molecule has 0 aromatic rings. The number of amides is 2. The molecule has 2 fully saturated rings. The Hall–Kier alpha value is -0.930. The van der Waals surface area contributed by atoms with E-state index in [0.29, 0.717) is 12.3 Å². The first-order valence-corrected chi connectivity index (χ1v) is 12.8. The summed E-state index contributed by atoms with van der Waals surface area (Å²) in [5.74, 6) is -0.165. The van der Waals surface area contributed by atoms with Crippen LogP contribution in [0.1, 0.15) is 59.3 Å². The van der Waals surface area contributed by atoms with Crippen molar-refractivity contribution in [1.29, 1.82) is 0 Å². The lowest BCUT2D eigenvalue weighted by atomic mass is 9.87. The number of nitrogens with one attached hydrogen (secondary N) is 2. The average molecular weight is 465 g/mol. The fraction of sp³-hybridized carbons (Fsp3) is 0.842. The molecule has 30 heavy (non-hydrogen) atoms. The highest BCUT2D eigenvalue weighted by Gasteiger charge is 2.49. The third kappa shape index (κ3) is 8.30. The summed E-state index contributed by atoms with van der Waals surface area (Å²) in [6.07, 6.45) is 3.66. The van der Waals surface area contributed by atoms with Crippen molar-refractivity contribution >= 4 is 36.5 Å². The predicted molar refractivity (Wildman–Crippen MR) is 114 cm³/mol. The largest absolute Gasteiger partial charge is 0.475 e. The van der Waals surface area contributed by atoms with E-state index in [4.69, 9.17) is 13.6 Å². The predicted octanol–water partition coefficient (Wildman–Crippen LogP) is 2.79. The fourth-order valence-corrected chi connectivity index (χ4v) is 5.67. The van der Waals surface area contributed by atoms with Gasteiger partial charge in [0.1, 0.15) is 0 Å². The molecular weight excluding hydrogens is 431 g/mol. The van der Waals surface area contributed by atoms with E-state index in [2.05, 4.69) is 10.6 Å². The fourth-order valence-electron chi connectivity index (χ4n) is 3.30. The molecule has 1 unspecified atom stereocenters. The van der Waals surface area contributed by atoms with Crippen LogP contribution in [-0.4, -0.2) is 54.6 Å². The molecule has 2 rings (SSSR count). The van der Waals surface area contributed by atoms with E-state index >= 15 is 0 Å². The van der Waals surface area contributed by atoms with Crippen LogP contribution in [0.2, 0.25) is 0 Å². The van der Waals surface area contributed by atoms with E-state index in [1.165, 1.54) is 6.92 Å². The van der Waals surface area contributed by atoms with Crippen LogP contribution < -0.4 is 10.6 Å². The summed E-state index contributed by atoms with van der Waals surface area (Å²) in [5.41, 5.74) is -0.694. The van der Waals surface area contributed by atoms with Crippen LogP contribution >= 0.6 is 19.6 Å². The molecule has 172 valence electrons. The average Bonchev–Trinajstić information content (AvgIpc) is 2.68. The molecule has 2 aliphatic rings. The van der Waals surface area contributed by atoms with Gasteiger partial charge in [0.2, 0.25) is 11.8 Å². The van der Waals surface area contributed by atoms with Crippen molar-refractivity contribution in [3.8, 4) is 0 Å². The molecule has 11 heteroatoms. The summed E-state index contributed by atoms with van der Waals surface area (Å²) in [7, 11) is -3.82. The van der Waals surface area contributed by atoms with Crippen molar-refractivity contribution in [3.63, 3.8) is 0 Å². The van der Waals surface area contributed by atoms with E-state index < -0.39 is 25.2 Å². The lowest BCUT2D eigenvalue weighted by Gasteiger charge is -2.40. The first-order chi connectivity index (χ1) is 14.1. The van der Waals surface area contributed by atoms with Crippen LogP contribution in [0, 0.1) is 5.41 Å². The molecule has 1 saturated carbocycles. The highest BCUT2D eigenvalue weighted by molar-refractivity contribution is 8.13. The molecule has 0 radical (unpaired) electrons. The number of rotatable bonds is 9. The Morgan fingerprint density at radius 2 is 1.83 bits per heavy atom. The second-order valence-corrected chi connectivity index (χ2v) is 11.1. The van der Waals surface area contributed by atoms with Crippen LogP contribution in [0.25, 0.3) is 0 Å². The topological polar surface area (TPSA) is 120 Å². The second-order valence-electron chi connectivity index (χ2n) is 8.29. The highest BCUT2D eigenvalue weighted by Crippen LogP contribution is 2.58. The molecule has 9 nitrogen and oxygen atoms in total. The van der Waals surface area contributed by atoms with E-state index in [0.717, 1.165) is 43.9 Å². The lowest BCUT2D eigenvalue weighted by molar-refractivity contribution is -0.142. The van der Waals surface area contributed by atoms with E-state index in [-0.39, 0.29) is 36.7 Å². The molecular formula is C19H33N2O7PS. The Balaban J connectivity index is 1.79. The third-order valence-corrected chi connectivity index (χ3v) is 7.27. The van der Waals surface area contributed by atoms with Gasteiger partial charge in [0.15, 0.2) is 11.2 Å². The van der Waals surface area contributed by atoms with Crippen molar-refractivity contribution in [2.24, 2.45) is 5.41 Å². The summed E-state index contributed by atoms with van der Waals surface area (Å²) < 4.78 is 29.6. The van der Waals surface area contributed by atoms with Crippen molar-refractivity contribution in [3.05, 3.63) is 0 Å². The monoisotopic (exact) mass is 464 g/mol. The van der Waals surface area contributed by atoms with Gasteiger partial charge < -0.3 is 10.6 Å². The molecule has 0 spiro atoms. The minimum Gasteiger partial charge on any atom is -0.355 e. The van der Waals surface area contributed by atoms with Crippen molar-refractivity contribution in [2.75, 3.05) is 25.4 Å². The Labute approximate surface area is 182 Å². The van der Waals surface area contributed by atoms with Gasteiger partial charge in [-0.15, -0.1) is 0 Å². The molecule has 1 aliphatic carbocycles. The molecule has 1 heterocycles. The summed E-state index contributed by atoms with van der Waals surface area (Å²) in [4.78, 5) is 35.3. The summed E-state index contributed by atoms with van der Waals surface area (Å²) >= 11 is 1.14. The zero-order valence-corrected chi connectivity index (χ0v) is 19.6. The van der Waals surface area contributed by atoms with E-state index in [9.17, 15) is 18.9 Å². The van der Waals surface area contributed by atoms with Gasteiger partial charge >= 0.3 is 7.82 Å². The van der Waals surface area contributed by atoms with E-state index in [1.54, 1.807) is 13.8 Å². The number of hydrogen-bond donors (Lipinski definition) is 2. The van der Waals surface area contributed by atoms with Gasteiger partial charge in [-0.3, -0.25) is 28.0 Å². The van der Waals surface area contributed by atoms with E-state index in [1.807, 2.05) is 0 Å². The maximum atomic E-state index is 12.9. The number of phosphoric acid groups is 1. The number of phosphoric ester groups is 1. The summed E-state index contributed by atoms with van der Waals surface area (Å²) in [5, 5.41) is 5.36. The first-order valence-electron chi connectivity index (χ1n) is 10.4. The maximum absolute atomic E-state index is 12.9. The zero-order valence-electron chi connectivity index (χ0n) is 17.9. The van der Waals surface area contributed by atoms with Gasteiger partial charge in [-0.25, -0.2) is 4.57 Å². The summed E-state index contributed by atoms with van der Waals surface area (Å²) in [6, 6.07) is 0. The van der Waals surface area contributed by atoms with Gasteiger partial charge in [0.25, 0.3) is 0 Å². The normalized spacial score (nSPS) is 26.7. The molecule has 2 atom stereocenters. The van der Waals surface area contributed by atoms with Crippen LogP contribution in [0.3, 0.4) is 0 Å². The van der Waals surface area contributed by atoms with Gasteiger partial charge in [0.05, 0.1) is 12.7 Å². The van der Waals surface area contributed by atoms with Gasteiger partial charge in [-0.1, -0.05) is 44.9 Å². The standard InChI is InChI=1S/C19H33N2O7PS/c1-14(22)30-12-11-20-16(23)9-10-21-18(24)17-19(2,3)13-26-29(25,28-17)27-15-7-5-4-6-8-15/h15,17H,4-13H2,1-3H3,(H,20,23)(H,21,24)/t17-,29?/m0/s1. The first kappa shape index (κ1) is 25.3. The van der Waals surface area contributed by atoms with Crippen LogP contribution in [0.5, 0.6) is 0 Å². The molecule has 1 saturated heterocycles. The van der Waals surface area contributed by atoms with Crippen molar-refractivity contribution in [1.82, 2.24) is 10.6 Å². The lowest BCUT2D eigenvalue weighted by Crippen LogP contribution is -2.50. The number of carbonyl (C=O) groups excluding carboxylic acids is 3. The molecule has 0 aromatic heterocycles. The molecule has 1 aliphatic heterocycles. The summed E-state index contributed by atoms with van der Waals surface area (Å²) in [6.45, 7) is 5.63. The molecule has 2 N–H and O–H groups in total. The quantitative estimate of drug-likeness (QED) is 0.395. The van der Waals surface area contributed by atoms with Crippen LogP contribution in [0.15, 0.2) is 0 Å². The highest BCUT2D eigenvalue weighted by atomic mass is 32.2. The molecule has 2 amide bonds. The van der Waals surface area contributed by atoms with Gasteiger partial charge in [-0.05, 0) is 12.8 Å². The number of carbonyl (C=O) groups is 3. The second kappa shape index (κ2) is 11.6. The smallest absolute Gasteiger partial charge is 0.355 e. The number of thioether (sulfide) groups is 1. The Kier molecular flexibility index (Phi) is 9.81. The number of hydrogen-bond acceptors (Lipinski definition) is 8. The Bertz CT molecular complexity index is 667. The Morgan fingerprint density at radius 1 is 1.13 bits per heavy atom. The molecule has 0 aromatic carbocycles. The zero-order chi connectivity index (χ0) is 22.2. The minimum absolute atomic E-state index is 0.000319. The van der Waals surface area contributed by atoms with Crippen molar-refractivity contribution in [2.45, 2.75) is 71.5 Å². The van der Waals surface area contributed by atoms with Crippen LogP contribution in [0.4, 0.5) is 0 Å². The molecule has 0 bridgehead atoms. The van der Waals surface area contributed by atoms with Crippen LogP contribution in [-0.2, 0) is 32.5 Å². The van der Waals surface area contributed by atoms with Gasteiger partial charge in [-0.2, -0.15) is 0 Å². The Morgan fingerprint density at radius 3 is 2.50 bits per heavy atom. The SMILES string of the molecule is CC(=O)SCCNC(=O)CCNC(=O)[C@@H]1OP(=O)(OC2CCCCC2)OCC1(C)C. The minimum atomic E-state index is -3.82. The van der Waals surface area contributed by atoms with Gasteiger partial charge in [0, 0.05) is 37.6 Å². The third-order valence-electron chi connectivity index (χ3n) is 4.99. The van der Waals surface area contributed by atoms with Crippen molar-refractivity contribution < 1.29 is 32.5 Å².